The number of nitrogens with zero attached hydrogens (tertiary/aromatic N) is 3. The molecule has 32 heavy (non-hydrogen) atoms. The molecule has 0 saturated carbocycles. The maximum absolute atomic E-state index is 13.3. The van der Waals surface area contributed by atoms with Crippen LogP contribution in [0.4, 0.5) is 0 Å². The van der Waals surface area contributed by atoms with Crippen LogP contribution in [0.25, 0.3) is 10.9 Å². The number of benzene rings is 2. The van der Waals surface area contributed by atoms with E-state index < -0.39 is 0 Å². The molecule has 2 aromatic carbocycles. The number of unbranched alkanes of at least 4 members (excludes halogenated alkanes) is 1. The number of halogens is 1. The molecule has 0 aliphatic rings. The zero-order valence-corrected chi connectivity index (χ0v) is 20.9. The Morgan fingerprint density at radius 2 is 2.00 bits per heavy atom. The summed E-state index contributed by atoms with van der Waals surface area (Å²) in [7, 11) is 1.61. The smallest absolute Gasteiger partial charge is 0.282 e. The van der Waals surface area contributed by atoms with Gasteiger partial charge in [-0.15, -0.1) is 0 Å². The van der Waals surface area contributed by atoms with Crippen LogP contribution in [0.5, 0.6) is 11.5 Å². The molecule has 1 heterocycles. The van der Waals surface area contributed by atoms with Crippen molar-refractivity contribution in [3.8, 4) is 11.5 Å². The van der Waals surface area contributed by atoms with E-state index in [0.717, 1.165) is 22.9 Å². The van der Waals surface area contributed by atoms with E-state index in [2.05, 4.69) is 48.7 Å². The molecule has 3 aromatic rings. The standard InChI is InChI=1S/C25H30BrN3O3/c1-6-7-11-22-28-20-13-12-18(26)14-19(20)24(30)29(22)27-15-17-9-8-10-21(31-5)23(17)32-16-25(2,3)4/h8-10,12-15H,6-7,11,16H2,1-5H3. The SMILES string of the molecule is CCCCc1nc2ccc(Br)cc2c(=O)n1N=Cc1cccc(OC)c1OCC(C)(C)C. The summed E-state index contributed by atoms with van der Waals surface area (Å²) in [5.41, 5.74) is 1.19. The second-order valence-electron chi connectivity index (χ2n) is 8.88. The van der Waals surface area contributed by atoms with Crippen molar-refractivity contribution in [1.82, 2.24) is 9.66 Å². The Hall–Kier alpha value is -2.67. The van der Waals surface area contributed by atoms with Gasteiger partial charge >= 0.3 is 0 Å². The van der Waals surface area contributed by atoms with Crippen LogP contribution in [0.15, 0.2) is 50.8 Å². The Morgan fingerprint density at radius 3 is 2.69 bits per heavy atom. The number of ether oxygens (including phenoxy) is 2. The van der Waals surface area contributed by atoms with E-state index in [-0.39, 0.29) is 11.0 Å². The van der Waals surface area contributed by atoms with Crippen LogP contribution >= 0.6 is 15.9 Å². The predicted molar refractivity (Wildman–Crippen MR) is 133 cm³/mol. The molecular weight excluding hydrogens is 470 g/mol. The highest BCUT2D eigenvalue weighted by molar-refractivity contribution is 9.10. The van der Waals surface area contributed by atoms with E-state index in [4.69, 9.17) is 14.5 Å². The van der Waals surface area contributed by atoms with Crippen molar-refractivity contribution in [3.05, 3.63) is 62.6 Å². The first kappa shape index (κ1) is 24.0. The fourth-order valence-electron chi connectivity index (χ4n) is 3.17. The summed E-state index contributed by atoms with van der Waals surface area (Å²) >= 11 is 3.44. The number of para-hydroxylation sites is 1. The van der Waals surface area contributed by atoms with Crippen LogP contribution in [0, 0.1) is 5.41 Å². The molecular formula is C25H30BrN3O3. The molecule has 0 atom stereocenters. The lowest BCUT2D eigenvalue weighted by atomic mass is 9.98. The molecule has 0 fully saturated rings. The van der Waals surface area contributed by atoms with Gasteiger partial charge in [-0.2, -0.15) is 9.78 Å². The van der Waals surface area contributed by atoms with Gasteiger partial charge in [0.15, 0.2) is 11.5 Å². The van der Waals surface area contributed by atoms with Gasteiger partial charge in [-0.25, -0.2) is 4.98 Å². The number of rotatable bonds is 8. The molecule has 0 bridgehead atoms. The van der Waals surface area contributed by atoms with E-state index in [9.17, 15) is 4.79 Å². The van der Waals surface area contributed by atoms with Crippen molar-refractivity contribution in [2.45, 2.75) is 47.0 Å². The fraction of sp³-hybridized carbons (Fsp3) is 0.400. The Labute approximate surface area is 197 Å². The quantitative estimate of drug-likeness (QED) is 0.366. The third-order valence-electron chi connectivity index (χ3n) is 4.82. The minimum absolute atomic E-state index is 0.0187. The Morgan fingerprint density at radius 1 is 1.22 bits per heavy atom. The third-order valence-corrected chi connectivity index (χ3v) is 5.31. The number of hydrogen-bond acceptors (Lipinski definition) is 5. The number of hydrogen-bond donors (Lipinski definition) is 0. The first-order valence-electron chi connectivity index (χ1n) is 10.8. The lowest BCUT2D eigenvalue weighted by Gasteiger charge is -2.21. The predicted octanol–water partition coefficient (Wildman–Crippen LogP) is 5.82. The summed E-state index contributed by atoms with van der Waals surface area (Å²) in [5.74, 6) is 1.87. The lowest BCUT2D eigenvalue weighted by molar-refractivity contribution is 0.191. The van der Waals surface area contributed by atoms with Gasteiger partial charge in [-0.05, 0) is 42.2 Å². The first-order valence-corrected chi connectivity index (χ1v) is 11.6. The number of aryl methyl sites for hydroxylation is 1. The number of aromatic nitrogens is 2. The van der Waals surface area contributed by atoms with Crippen LogP contribution in [0.1, 0.15) is 51.9 Å². The Kier molecular flexibility index (Phi) is 7.72. The van der Waals surface area contributed by atoms with Crippen molar-refractivity contribution >= 4 is 33.0 Å². The maximum Gasteiger partial charge on any atom is 0.282 e. The highest BCUT2D eigenvalue weighted by Gasteiger charge is 2.16. The first-order chi connectivity index (χ1) is 15.2. The average Bonchev–Trinajstić information content (AvgIpc) is 2.75. The Bertz CT molecular complexity index is 1180. The van der Waals surface area contributed by atoms with Gasteiger partial charge < -0.3 is 9.47 Å². The second kappa shape index (κ2) is 10.3. The minimum Gasteiger partial charge on any atom is -0.493 e. The van der Waals surface area contributed by atoms with Gasteiger partial charge in [0.25, 0.3) is 5.56 Å². The van der Waals surface area contributed by atoms with Gasteiger partial charge in [0, 0.05) is 16.5 Å². The van der Waals surface area contributed by atoms with E-state index in [1.807, 2.05) is 30.3 Å². The summed E-state index contributed by atoms with van der Waals surface area (Å²) in [5, 5.41) is 5.08. The molecule has 0 unspecified atom stereocenters. The third kappa shape index (κ3) is 5.76. The van der Waals surface area contributed by atoms with Gasteiger partial charge in [-0.3, -0.25) is 4.79 Å². The lowest BCUT2D eigenvalue weighted by Crippen LogP contribution is -2.22. The zero-order valence-electron chi connectivity index (χ0n) is 19.3. The molecule has 1 aromatic heterocycles. The number of fused-ring (bicyclic) bond motifs is 1. The van der Waals surface area contributed by atoms with Gasteiger partial charge in [0.1, 0.15) is 5.82 Å². The van der Waals surface area contributed by atoms with E-state index in [0.29, 0.717) is 41.3 Å². The van der Waals surface area contributed by atoms with Crippen LogP contribution in [-0.2, 0) is 6.42 Å². The van der Waals surface area contributed by atoms with Crippen LogP contribution in [0.3, 0.4) is 0 Å². The van der Waals surface area contributed by atoms with Crippen LogP contribution in [0.2, 0.25) is 0 Å². The highest BCUT2D eigenvalue weighted by Crippen LogP contribution is 2.31. The monoisotopic (exact) mass is 499 g/mol. The molecule has 0 spiro atoms. The molecule has 170 valence electrons. The van der Waals surface area contributed by atoms with E-state index >= 15 is 0 Å². The average molecular weight is 500 g/mol. The van der Waals surface area contributed by atoms with Crippen molar-refractivity contribution in [1.29, 1.82) is 0 Å². The summed E-state index contributed by atoms with van der Waals surface area (Å²) in [6.45, 7) is 8.94. The normalized spacial score (nSPS) is 11.9. The van der Waals surface area contributed by atoms with E-state index in [1.165, 1.54) is 4.68 Å². The summed E-state index contributed by atoms with van der Waals surface area (Å²) in [6, 6.07) is 11.1. The van der Waals surface area contributed by atoms with Gasteiger partial charge in [0.05, 0.1) is 30.8 Å². The summed E-state index contributed by atoms with van der Waals surface area (Å²) < 4.78 is 13.8. The van der Waals surface area contributed by atoms with Crippen molar-refractivity contribution < 1.29 is 9.47 Å². The fourth-order valence-corrected chi connectivity index (χ4v) is 3.53. The van der Waals surface area contributed by atoms with Crippen LogP contribution < -0.4 is 15.0 Å². The second-order valence-corrected chi connectivity index (χ2v) is 9.80. The summed E-state index contributed by atoms with van der Waals surface area (Å²) in [4.78, 5) is 18.0. The molecule has 0 aliphatic heterocycles. The molecule has 0 saturated heterocycles. The molecule has 0 radical (unpaired) electrons. The zero-order chi connectivity index (χ0) is 23.3. The largest absolute Gasteiger partial charge is 0.493 e. The summed E-state index contributed by atoms with van der Waals surface area (Å²) in [6.07, 6.45) is 4.23. The maximum atomic E-state index is 13.3. The van der Waals surface area contributed by atoms with Crippen molar-refractivity contribution in [2.24, 2.45) is 10.5 Å². The van der Waals surface area contributed by atoms with Crippen molar-refractivity contribution in [2.75, 3.05) is 13.7 Å². The minimum atomic E-state index is -0.196. The highest BCUT2D eigenvalue weighted by atomic mass is 79.9. The van der Waals surface area contributed by atoms with Gasteiger partial charge in [-0.1, -0.05) is 56.1 Å². The molecule has 7 heteroatoms. The van der Waals surface area contributed by atoms with E-state index in [1.54, 1.807) is 19.4 Å². The topological polar surface area (TPSA) is 65.7 Å². The Balaban J connectivity index is 2.09. The molecule has 3 rings (SSSR count). The number of methoxy groups -OCH3 is 1. The molecule has 6 nitrogen and oxygen atoms in total. The van der Waals surface area contributed by atoms with Gasteiger partial charge in [0.2, 0.25) is 0 Å². The molecule has 0 N–H and O–H groups in total. The van der Waals surface area contributed by atoms with Crippen molar-refractivity contribution in [3.63, 3.8) is 0 Å². The van der Waals surface area contributed by atoms with Crippen LogP contribution in [-0.4, -0.2) is 29.6 Å². The molecule has 0 amide bonds. The molecule has 0 aliphatic carbocycles.